The average molecular weight is 382 g/mol. The molecule has 8 heteroatoms. The first kappa shape index (κ1) is 19.7. The van der Waals surface area contributed by atoms with Gasteiger partial charge in [0.25, 0.3) is 5.56 Å². The number of aryl methyl sites for hydroxylation is 1. The van der Waals surface area contributed by atoms with E-state index in [4.69, 9.17) is 9.99 Å². The van der Waals surface area contributed by atoms with E-state index in [-0.39, 0.29) is 11.5 Å². The van der Waals surface area contributed by atoms with Gasteiger partial charge in [0.2, 0.25) is 6.43 Å². The first-order chi connectivity index (χ1) is 13.0. The first-order valence-electron chi connectivity index (χ1n) is 9.15. The highest BCUT2D eigenvalue weighted by molar-refractivity contribution is 5.75. The highest BCUT2D eigenvalue weighted by atomic mass is 19.3. The van der Waals surface area contributed by atoms with E-state index in [2.05, 4.69) is 14.9 Å². The molecule has 1 aromatic carbocycles. The molecule has 6 nitrogen and oxygen atoms in total. The maximum absolute atomic E-state index is 12.5. The fourth-order valence-corrected chi connectivity index (χ4v) is 3.64. The number of aromatic nitrogens is 2. The molecule has 2 aromatic rings. The van der Waals surface area contributed by atoms with Crippen LogP contribution in [0.25, 0.3) is 11.0 Å². The van der Waals surface area contributed by atoms with E-state index >= 15 is 0 Å². The molecule has 1 aliphatic rings. The van der Waals surface area contributed by atoms with Crippen LogP contribution in [-0.4, -0.2) is 34.4 Å². The number of nitrogens with one attached hydrogen (secondary N) is 1. The molecule has 0 radical (unpaired) electrons. The van der Waals surface area contributed by atoms with Crippen molar-refractivity contribution >= 4 is 11.0 Å². The summed E-state index contributed by atoms with van der Waals surface area (Å²) in [5.74, 6) is 0.635. The Hall–Kier alpha value is -2.06. The smallest absolute Gasteiger partial charge is 0.270 e. The number of hydrogen-bond donors (Lipinski definition) is 2. The van der Waals surface area contributed by atoms with Gasteiger partial charge in [-0.15, -0.1) is 0 Å². The summed E-state index contributed by atoms with van der Waals surface area (Å²) in [6, 6.07) is 5.33. The van der Waals surface area contributed by atoms with Gasteiger partial charge in [0.1, 0.15) is 17.0 Å². The molecule has 1 aromatic heterocycles. The summed E-state index contributed by atoms with van der Waals surface area (Å²) in [5, 5.41) is 8.89. The summed E-state index contributed by atoms with van der Waals surface area (Å²) >= 11 is 0. The van der Waals surface area contributed by atoms with Crippen LogP contribution in [0.15, 0.2) is 23.0 Å². The standard InChI is InChI=1S/C19H24F2N2O4/c1-26-13-7-8-14-16(9-13)23-18(24)15(22-14)6-4-2-3-5-12-10-19(12,27-25)11-17(20)21/h7-9,12,17,25H,2-6,10-11H2,1H3,(H,23,24)/t12-,19+/m1/s1. The monoisotopic (exact) mass is 382 g/mol. The van der Waals surface area contributed by atoms with Gasteiger partial charge in [-0.3, -0.25) is 10.1 Å². The molecule has 0 spiro atoms. The van der Waals surface area contributed by atoms with Crippen molar-refractivity contribution in [2.24, 2.45) is 5.92 Å². The third-order valence-corrected chi connectivity index (χ3v) is 5.29. The molecule has 0 unspecified atom stereocenters. The Morgan fingerprint density at radius 1 is 1.37 bits per heavy atom. The molecule has 0 bridgehead atoms. The zero-order valence-corrected chi connectivity index (χ0v) is 15.2. The van der Waals surface area contributed by atoms with Gasteiger partial charge >= 0.3 is 0 Å². The maximum atomic E-state index is 12.5. The SMILES string of the molecule is COc1ccc2nc(CCCCC[C@@H]3C[C@@]3(CC(F)F)OO)c(=O)[nH]c2c1. The zero-order chi connectivity index (χ0) is 19.4. The summed E-state index contributed by atoms with van der Waals surface area (Å²) in [6.07, 6.45) is 1.34. The van der Waals surface area contributed by atoms with E-state index in [9.17, 15) is 13.6 Å². The molecule has 1 heterocycles. The van der Waals surface area contributed by atoms with Gasteiger partial charge in [0.05, 0.1) is 18.1 Å². The molecule has 2 N–H and O–H groups in total. The molecule has 1 aliphatic carbocycles. The average Bonchev–Trinajstić information content (AvgIpc) is 3.33. The number of benzene rings is 1. The lowest BCUT2D eigenvalue weighted by Crippen LogP contribution is -2.19. The van der Waals surface area contributed by atoms with Crippen molar-refractivity contribution in [3.8, 4) is 5.75 Å². The van der Waals surface area contributed by atoms with Gasteiger partial charge in [-0.1, -0.05) is 12.8 Å². The lowest BCUT2D eigenvalue weighted by atomic mass is 10.1. The number of unbranched alkanes of at least 4 members (excludes halogenated alkanes) is 2. The molecule has 0 aliphatic heterocycles. The lowest BCUT2D eigenvalue weighted by molar-refractivity contribution is -0.301. The number of hydrogen-bond acceptors (Lipinski definition) is 5. The molecular formula is C19H24F2N2O4. The van der Waals surface area contributed by atoms with Crippen LogP contribution in [0.4, 0.5) is 8.78 Å². The number of ether oxygens (including phenoxy) is 1. The first-order valence-corrected chi connectivity index (χ1v) is 9.15. The van der Waals surface area contributed by atoms with Crippen LogP contribution >= 0.6 is 0 Å². The molecule has 0 saturated heterocycles. The van der Waals surface area contributed by atoms with Crippen LogP contribution in [0.1, 0.15) is 44.2 Å². The molecular weight excluding hydrogens is 358 g/mol. The Kier molecular flexibility index (Phi) is 6.06. The van der Waals surface area contributed by atoms with E-state index in [1.54, 1.807) is 25.3 Å². The number of aromatic amines is 1. The number of nitrogens with zero attached hydrogens (tertiary/aromatic N) is 1. The van der Waals surface area contributed by atoms with Gasteiger partial charge in [-0.25, -0.2) is 18.7 Å². The van der Waals surface area contributed by atoms with Crippen LogP contribution in [-0.2, 0) is 11.3 Å². The van der Waals surface area contributed by atoms with Gasteiger partial charge in [0, 0.05) is 12.5 Å². The number of fused-ring (bicyclic) bond motifs is 1. The van der Waals surface area contributed by atoms with Crippen molar-refractivity contribution in [3.05, 3.63) is 34.2 Å². The summed E-state index contributed by atoms with van der Waals surface area (Å²) in [5.41, 5.74) is 0.579. The Balaban J connectivity index is 1.47. The zero-order valence-electron chi connectivity index (χ0n) is 15.2. The van der Waals surface area contributed by atoms with E-state index < -0.39 is 18.4 Å². The number of halogens is 2. The van der Waals surface area contributed by atoms with E-state index in [0.717, 1.165) is 25.7 Å². The lowest BCUT2D eigenvalue weighted by Gasteiger charge is -2.12. The molecule has 2 atom stereocenters. The Bertz CT molecular complexity index is 842. The molecule has 1 saturated carbocycles. The van der Waals surface area contributed by atoms with Crippen molar-refractivity contribution in [2.75, 3.05) is 7.11 Å². The minimum atomic E-state index is -2.48. The topological polar surface area (TPSA) is 84.4 Å². The molecule has 148 valence electrons. The minimum Gasteiger partial charge on any atom is -0.497 e. The van der Waals surface area contributed by atoms with Gasteiger partial charge < -0.3 is 9.72 Å². The van der Waals surface area contributed by atoms with Crippen molar-refractivity contribution in [1.82, 2.24) is 9.97 Å². The van der Waals surface area contributed by atoms with E-state index in [1.807, 2.05) is 0 Å². The second-order valence-electron chi connectivity index (χ2n) is 7.15. The van der Waals surface area contributed by atoms with E-state index in [1.165, 1.54) is 0 Å². The van der Waals surface area contributed by atoms with Crippen molar-refractivity contribution in [1.29, 1.82) is 0 Å². The third-order valence-electron chi connectivity index (χ3n) is 5.29. The Labute approximate surface area is 155 Å². The van der Waals surface area contributed by atoms with Crippen molar-refractivity contribution in [3.63, 3.8) is 0 Å². The summed E-state index contributed by atoms with van der Waals surface area (Å²) in [6.45, 7) is 0. The summed E-state index contributed by atoms with van der Waals surface area (Å²) in [7, 11) is 1.56. The van der Waals surface area contributed by atoms with Crippen LogP contribution < -0.4 is 10.3 Å². The summed E-state index contributed by atoms with van der Waals surface area (Å²) < 4.78 is 30.2. The predicted octanol–water partition coefficient (Wildman–Crippen LogP) is 3.94. The highest BCUT2D eigenvalue weighted by Gasteiger charge is 2.57. The van der Waals surface area contributed by atoms with Crippen LogP contribution in [0.2, 0.25) is 0 Å². The highest BCUT2D eigenvalue weighted by Crippen LogP contribution is 2.52. The van der Waals surface area contributed by atoms with Crippen LogP contribution in [0, 0.1) is 5.92 Å². The van der Waals surface area contributed by atoms with Crippen LogP contribution in [0.5, 0.6) is 5.75 Å². The summed E-state index contributed by atoms with van der Waals surface area (Å²) in [4.78, 5) is 23.7. The van der Waals surface area contributed by atoms with Crippen molar-refractivity contribution in [2.45, 2.75) is 57.0 Å². The van der Waals surface area contributed by atoms with E-state index in [0.29, 0.717) is 35.3 Å². The molecule has 3 rings (SSSR count). The second-order valence-corrected chi connectivity index (χ2v) is 7.15. The normalized spacial score (nSPS) is 21.7. The maximum Gasteiger partial charge on any atom is 0.270 e. The molecule has 27 heavy (non-hydrogen) atoms. The number of alkyl halides is 2. The minimum absolute atomic E-state index is 0.0197. The van der Waals surface area contributed by atoms with Crippen molar-refractivity contribution < 1.29 is 23.7 Å². The number of rotatable bonds is 10. The fraction of sp³-hybridized carbons (Fsp3) is 0.579. The molecule has 1 fully saturated rings. The van der Waals surface area contributed by atoms with Gasteiger partial charge in [0.15, 0.2) is 0 Å². The molecule has 0 amide bonds. The third kappa shape index (κ3) is 4.62. The number of methoxy groups -OCH3 is 1. The number of H-pyrrole nitrogens is 1. The Morgan fingerprint density at radius 3 is 2.89 bits per heavy atom. The quantitative estimate of drug-likeness (QED) is 0.369. The second kappa shape index (κ2) is 8.31. The van der Waals surface area contributed by atoms with Gasteiger partial charge in [-0.2, -0.15) is 0 Å². The van der Waals surface area contributed by atoms with Gasteiger partial charge in [-0.05, 0) is 43.7 Å². The Morgan fingerprint density at radius 2 is 2.19 bits per heavy atom. The largest absolute Gasteiger partial charge is 0.497 e. The fourth-order valence-electron chi connectivity index (χ4n) is 3.64. The predicted molar refractivity (Wildman–Crippen MR) is 96.3 cm³/mol. The van der Waals surface area contributed by atoms with Crippen LogP contribution in [0.3, 0.4) is 0 Å².